The summed E-state index contributed by atoms with van der Waals surface area (Å²) in [5.74, 6) is 1.08. The van der Waals surface area contributed by atoms with Crippen LogP contribution in [0.25, 0.3) is 0 Å². The molecule has 1 atom stereocenters. The minimum Gasteiger partial charge on any atom is -0.334 e. The first-order valence-corrected chi connectivity index (χ1v) is 5.37. The van der Waals surface area contributed by atoms with Crippen molar-refractivity contribution in [3.05, 3.63) is 0 Å². The fourth-order valence-corrected chi connectivity index (χ4v) is 2.92. The highest BCUT2D eigenvalue weighted by Gasteiger charge is 2.11. The highest BCUT2D eigenvalue weighted by Crippen LogP contribution is 2.59. The Hall–Kier alpha value is 1.03. The Kier molecular flexibility index (Phi) is 2.04. The zero-order chi connectivity index (χ0) is 4.41. The van der Waals surface area contributed by atoms with Crippen molar-refractivity contribution in [3.8, 4) is 0 Å². The van der Waals surface area contributed by atoms with Crippen LogP contribution in [0.1, 0.15) is 0 Å². The van der Waals surface area contributed by atoms with Gasteiger partial charge in [-0.2, -0.15) is 0 Å². The van der Waals surface area contributed by atoms with Crippen LogP contribution < -0.4 is 0 Å². The van der Waals surface area contributed by atoms with Crippen molar-refractivity contribution in [2.45, 2.75) is 0 Å². The largest absolute Gasteiger partial charge is 0.334 e. The van der Waals surface area contributed by atoms with Crippen molar-refractivity contribution in [3.63, 3.8) is 0 Å². The third-order valence-corrected chi connectivity index (χ3v) is 4.05. The van der Waals surface area contributed by atoms with Gasteiger partial charge < -0.3 is 4.52 Å². The molecule has 1 aliphatic rings. The maximum atomic E-state index is 5.52. The summed E-state index contributed by atoms with van der Waals surface area (Å²) in [6, 6.07) is 0. The molecule has 0 aromatic carbocycles. The van der Waals surface area contributed by atoms with Crippen LogP contribution in [0.15, 0.2) is 0 Å². The summed E-state index contributed by atoms with van der Waals surface area (Å²) in [5.41, 5.74) is 0. The van der Waals surface area contributed by atoms with Gasteiger partial charge in [-0.3, -0.25) is 0 Å². The van der Waals surface area contributed by atoms with E-state index in [1.54, 1.807) is 11.4 Å². The molecule has 0 aliphatic carbocycles. The first-order valence-electron chi connectivity index (χ1n) is 1.61. The van der Waals surface area contributed by atoms with Crippen LogP contribution in [0.5, 0.6) is 0 Å². The molecule has 1 aliphatic heterocycles. The second-order valence-electron chi connectivity index (χ2n) is 0.879. The first kappa shape index (κ1) is 5.17. The van der Waals surface area contributed by atoms with Gasteiger partial charge >= 0.3 is 0 Å². The van der Waals surface area contributed by atoms with E-state index >= 15 is 0 Å². The Balaban J connectivity index is 2.18. The van der Waals surface area contributed by atoms with Crippen LogP contribution in [0.2, 0.25) is 0 Å². The van der Waals surface area contributed by atoms with E-state index in [2.05, 4.69) is 0 Å². The maximum absolute atomic E-state index is 5.52. The van der Waals surface area contributed by atoms with Crippen LogP contribution in [-0.2, 0) is 4.52 Å². The van der Waals surface area contributed by atoms with Crippen LogP contribution in [0, 0.1) is 0 Å². The van der Waals surface area contributed by atoms with Crippen molar-refractivity contribution in [1.29, 1.82) is 0 Å². The molecule has 1 saturated heterocycles. The second-order valence-corrected chi connectivity index (χ2v) is 5.52. The van der Waals surface area contributed by atoms with Gasteiger partial charge in [-0.05, 0) is 0 Å². The molecule has 1 nitrogen and oxygen atoms in total. The molecule has 0 aromatic heterocycles. The second kappa shape index (κ2) is 2.37. The Morgan fingerprint density at radius 1 is 1.83 bits per heavy atom. The van der Waals surface area contributed by atoms with Crippen molar-refractivity contribution >= 4 is 29.3 Å². The van der Waals surface area contributed by atoms with Crippen molar-refractivity contribution in [2.75, 3.05) is 12.4 Å². The minimum atomic E-state index is -0.576. The molecular formula is C2H4ClOPS. The fraction of sp³-hybridized carbons (Fsp3) is 1.00. The van der Waals surface area contributed by atoms with E-state index in [9.17, 15) is 0 Å². The van der Waals surface area contributed by atoms with Gasteiger partial charge in [0.2, 0.25) is 0 Å². The number of rotatable bonds is 0. The number of hydrogen-bond acceptors (Lipinski definition) is 2. The highest BCUT2D eigenvalue weighted by molar-refractivity contribution is 8.61. The van der Waals surface area contributed by atoms with Crippen LogP contribution in [0.4, 0.5) is 0 Å². The molecule has 0 aromatic rings. The molecule has 1 rings (SSSR count). The molecule has 0 N–H and O–H groups in total. The average molecular weight is 143 g/mol. The van der Waals surface area contributed by atoms with E-state index in [0.717, 1.165) is 12.4 Å². The topological polar surface area (TPSA) is 9.23 Å². The third-order valence-electron chi connectivity index (χ3n) is 0.469. The lowest BCUT2D eigenvalue weighted by molar-refractivity contribution is 0.406. The molecule has 1 heterocycles. The lowest BCUT2D eigenvalue weighted by atomic mass is 10.9. The Morgan fingerprint density at radius 2 is 2.67 bits per heavy atom. The molecular weight excluding hydrogens is 139 g/mol. The first-order chi connectivity index (χ1) is 2.89. The van der Waals surface area contributed by atoms with E-state index in [1.165, 1.54) is 0 Å². The lowest BCUT2D eigenvalue weighted by Crippen LogP contribution is -1.74. The Morgan fingerprint density at radius 3 is 2.83 bits per heavy atom. The summed E-state index contributed by atoms with van der Waals surface area (Å²) in [4.78, 5) is 0. The molecule has 0 saturated carbocycles. The van der Waals surface area contributed by atoms with Crippen LogP contribution in [0.3, 0.4) is 0 Å². The van der Waals surface area contributed by atoms with Gasteiger partial charge in [0.05, 0.1) is 6.61 Å². The van der Waals surface area contributed by atoms with E-state index in [-0.39, 0.29) is 0 Å². The summed E-state index contributed by atoms with van der Waals surface area (Å²) in [7, 11) is 0. The molecule has 0 amide bonds. The summed E-state index contributed by atoms with van der Waals surface area (Å²) < 4.78 is 4.95. The predicted molar refractivity (Wildman–Crippen MR) is 31.2 cm³/mol. The van der Waals surface area contributed by atoms with Gasteiger partial charge in [0, 0.05) is 5.75 Å². The van der Waals surface area contributed by atoms with Gasteiger partial charge in [-0.25, -0.2) is 0 Å². The summed E-state index contributed by atoms with van der Waals surface area (Å²) in [6.07, 6.45) is 0. The van der Waals surface area contributed by atoms with Gasteiger partial charge in [0.1, 0.15) is 0 Å². The lowest BCUT2D eigenvalue weighted by Gasteiger charge is -1.88. The molecule has 6 heavy (non-hydrogen) atoms. The van der Waals surface area contributed by atoms with Crippen molar-refractivity contribution < 1.29 is 4.52 Å². The molecule has 0 radical (unpaired) electrons. The van der Waals surface area contributed by atoms with Crippen LogP contribution >= 0.6 is 29.3 Å². The highest BCUT2D eigenvalue weighted by atomic mass is 35.7. The van der Waals surface area contributed by atoms with Crippen molar-refractivity contribution in [2.24, 2.45) is 0 Å². The predicted octanol–water partition coefficient (Wildman–Crippen LogP) is 2.22. The minimum absolute atomic E-state index is 0.576. The molecule has 36 valence electrons. The van der Waals surface area contributed by atoms with Gasteiger partial charge in [-0.1, -0.05) is 22.6 Å². The monoisotopic (exact) mass is 142 g/mol. The van der Waals surface area contributed by atoms with Crippen molar-refractivity contribution in [1.82, 2.24) is 0 Å². The molecule has 1 fully saturated rings. The fourth-order valence-electron chi connectivity index (χ4n) is 0.255. The smallest absolute Gasteiger partial charge is 0.188 e. The van der Waals surface area contributed by atoms with E-state index in [0.29, 0.717) is 0 Å². The molecule has 0 bridgehead atoms. The van der Waals surface area contributed by atoms with Crippen LogP contribution in [-0.4, -0.2) is 12.4 Å². The standard InChI is InChI=1S/C2H4ClOPS/c3-5-4-1-2-6-5/h1-2H2/t5-/m0/s1. The Bertz CT molecular complexity index is 46.8. The SMILES string of the molecule is Cl[P@@]1OCCS1. The van der Waals surface area contributed by atoms with Gasteiger partial charge in [0.25, 0.3) is 0 Å². The van der Waals surface area contributed by atoms with E-state index < -0.39 is 6.70 Å². The number of hydrogen-bond donors (Lipinski definition) is 0. The molecule has 4 heteroatoms. The summed E-state index contributed by atoms with van der Waals surface area (Å²) >= 11 is 7.22. The van der Waals surface area contributed by atoms with E-state index in [1.807, 2.05) is 0 Å². The van der Waals surface area contributed by atoms with Gasteiger partial charge in [-0.15, -0.1) is 0 Å². The van der Waals surface area contributed by atoms with Gasteiger partial charge in [0.15, 0.2) is 6.70 Å². The number of halogens is 1. The van der Waals surface area contributed by atoms with E-state index in [4.69, 9.17) is 15.8 Å². The normalized spacial score (nSPS) is 34.5. The zero-order valence-corrected chi connectivity index (χ0v) is 5.52. The molecule has 0 unspecified atom stereocenters. The quantitative estimate of drug-likeness (QED) is 0.480. The summed E-state index contributed by atoms with van der Waals surface area (Å²) in [6.45, 7) is 0.271. The molecule has 0 spiro atoms. The zero-order valence-electron chi connectivity index (χ0n) is 3.06. The maximum Gasteiger partial charge on any atom is 0.188 e. The Labute approximate surface area is 46.8 Å². The average Bonchev–Trinajstić information content (AvgIpc) is 1.86. The third kappa shape index (κ3) is 1.27. The summed E-state index contributed by atoms with van der Waals surface area (Å²) in [5, 5.41) is 0.